The largest absolute Gasteiger partial charge is 0.444 e. The Bertz CT molecular complexity index is 553. The van der Waals surface area contributed by atoms with Gasteiger partial charge in [-0.1, -0.05) is 12.1 Å². The third-order valence-corrected chi connectivity index (χ3v) is 3.84. The second-order valence-corrected chi connectivity index (χ2v) is 6.90. The Balaban J connectivity index is 2.03. The van der Waals surface area contributed by atoms with E-state index in [4.69, 9.17) is 4.74 Å². The average molecular weight is 309 g/mol. The van der Waals surface area contributed by atoms with Gasteiger partial charge in [-0.25, -0.2) is 9.18 Å². The van der Waals surface area contributed by atoms with E-state index < -0.39 is 17.8 Å². The van der Waals surface area contributed by atoms with Crippen LogP contribution >= 0.6 is 0 Å². The molecule has 1 amide bonds. The number of aryl methyl sites for hydroxylation is 1. The lowest BCUT2D eigenvalue weighted by molar-refractivity contribution is -0.00152. The molecule has 1 N–H and O–H groups in total. The van der Waals surface area contributed by atoms with Gasteiger partial charge < -0.3 is 14.7 Å². The van der Waals surface area contributed by atoms with E-state index in [2.05, 4.69) is 0 Å². The topological polar surface area (TPSA) is 49.8 Å². The highest BCUT2D eigenvalue weighted by atomic mass is 19.1. The number of rotatable bonds is 1. The van der Waals surface area contributed by atoms with Crippen LogP contribution in [0.4, 0.5) is 9.18 Å². The summed E-state index contributed by atoms with van der Waals surface area (Å²) in [7, 11) is 0. The van der Waals surface area contributed by atoms with Crippen molar-refractivity contribution < 1.29 is 19.0 Å². The van der Waals surface area contributed by atoms with Gasteiger partial charge >= 0.3 is 6.09 Å². The summed E-state index contributed by atoms with van der Waals surface area (Å²) in [5, 5.41) is 10.4. The smallest absolute Gasteiger partial charge is 0.410 e. The van der Waals surface area contributed by atoms with Gasteiger partial charge in [-0.15, -0.1) is 0 Å². The minimum Gasteiger partial charge on any atom is -0.444 e. The summed E-state index contributed by atoms with van der Waals surface area (Å²) in [5.41, 5.74) is 0.932. The maximum absolute atomic E-state index is 13.4. The maximum atomic E-state index is 13.4. The molecule has 22 heavy (non-hydrogen) atoms. The number of β-amino-alcohol motifs (C(OH)–C–C–N with tert-alkyl or cyclic N) is 1. The lowest BCUT2D eigenvalue weighted by Gasteiger charge is -2.37. The van der Waals surface area contributed by atoms with Gasteiger partial charge in [0, 0.05) is 12.5 Å². The first-order valence-electron chi connectivity index (χ1n) is 7.59. The van der Waals surface area contributed by atoms with E-state index >= 15 is 0 Å². The number of benzene rings is 1. The van der Waals surface area contributed by atoms with Gasteiger partial charge in [-0.3, -0.25) is 0 Å². The van der Waals surface area contributed by atoms with Crippen LogP contribution in [0.3, 0.4) is 0 Å². The number of aliphatic hydroxyl groups is 1. The number of hydrogen-bond donors (Lipinski definition) is 1. The predicted octanol–water partition coefficient (Wildman–Crippen LogP) is 3.22. The van der Waals surface area contributed by atoms with Crippen LogP contribution in [0.5, 0.6) is 0 Å². The highest BCUT2D eigenvalue weighted by Crippen LogP contribution is 2.30. The Morgan fingerprint density at radius 1 is 1.41 bits per heavy atom. The number of carbonyl (C=O) groups excluding carboxylic acids is 1. The molecule has 2 atom stereocenters. The third-order valence-electron chi connectivity index (χ3n) is 3.84. The highest BCUT2D eigenvalue weighted by molar-refractivity contribution is 5.68. The Hall–Kier alpha value is -1.62. The Kier molecular flexibility index (Phi) is 4.75. The minimum absolute atomic E-state index is 0.0852. The van der Waals surface area contributed by atoms with E-state index in [0.29, 0.717) is 18.5 Å². The molecule has 0 spiro atoms. The first-order valence-corrected chi connectivity index (χ1v) is 7.59. The molecule has 1 heterocycles. The zero-order valence-corrected chi connectivity index (χ0v) is 13.6. The van der Waals surface area contributed by atoms with Gasteiger partial charge in [0.25, 0.3) is 0 Å². The molecule has 2 rings (SSSR count). The van der Waals surface area contributed by atoms with Crippen LogP contribution in [-0.4, -0.2) is 40.9 Å². The predicted molar refractivity (Wildman–Crippen MR) is 82.3 cm³/mol. The van der Waals surface area contributed by atoms with E-state index in [9.17, 15) is 14.3 Å². The summed E-state index contributed by atoms with van der Waals surface area (Å²) in [5.74, 6) is -0.331. The molecular weight excluding hydrogens is 285 g/mol. The molecule has 1 aromatic carbocycles. The fourth-order valence-electron chi connectivity index (χ4n) is 2.71. The molecule has 1 aliphatic heterocycles. The van der Waals surface area contributed by atoms with Crippen molar-refractivity contribution in [2.75, 3.05) is 13.1 Å². The van der Waals surface area contributed by atoms with Crippen molar-refractivity contribution in [3.63, 3.8) is 0 Å². The zero-order valence-electron chi connectivity index (χ0n) is 13.6. The second-order valence-electron chi connectivity index (χ2n) is 6.90. The monoisotopic (exact) mass is 309 g/mol. The van der Waals surface area contributed by atoms with Crippen LogP contribution in [0, 0.1) is 12.7 Å². The number of carbonyl (C=O) groups is 1. The number of aliphatic hydroxyl groups excluding tert-OH is 1. The molecule has 0 aliphatic carbocycles. The molecule has 0 bridgehead atoms. The van der Waals surface area contributed by atoms with Gasteiger partial charge in [0.05, 0.1) is 12.6 Å². The summed E-state index contributed by atoms with van der Waals surface area (Å²) < 4.78 is 18.7. The summed E-state index contributed by atoms with van der Waals surface area (Å²) in [4.78, 5) is 13.6. The number of piperidine rings is 1. The lowest BCUT2D eigenvalue weighted by atomic mass is 9.86. The average Bonchev–Trinajstić information content (AvgIpc) is 2.40. The molecule has 1 saturated heterocycles. The zero-order chi connectivity index (χ0) is 16.5. The first kappa shape index (κ1) is 16.7. The van der Waals surface area contributed by atoms with Crippen molar-refractivity contribution in [3.05, 3.63) is 35.1 Å². The summed E-state index contributed by atoms with van der Waals surface area (Å²) in [6.45, 7) is 7.91. The van der Waals surface area contributed by atoms with E-state index in [-0.39, 0.29) is 18.3 Å². The molecule has 0 saturated carbocycles. The van der Waals surface area contributed by atoms with Crippen molar-refractivity contribution in [3.8, 4) is 0 Å². The van der Waals surface area contributed by atoms with Crippen LogP contribution in [0.25, 0.3) is 0 Å². The Morgan fingerprint density at radius 2 is 2.09 bits per heavy atom. The summed E-state index contributed by atoms with van der Waals surface area (Å²) in [6.07, 6.45) is -0.447. The Morgan fingerprint density at radius 3 is 2.64 bits per heavy atom. The van der Waals surface area contributed by atoms with Crippen molar-refractivity contribution in [1.29, 1.82) is 0 Å². The van der Waals surface area contributed by atoms with E-state index in [1.54, 1.807) is 19.1 Å². The van der Waals surface area contributed by atoms with Crippen molar-refractivity contribution >= 4 is 6.09 Å². The molecule has 0 unspecified atom stereocenters. The van der Waals surface area contributed by atoms with Gasteiger partial charge in [0.2, 0.25) is 0 Å². The molecular formula is C17H24FNO3. The summed E-state index contributed by atoms with van der Waals surface area (Å²) in [6, 6.07) is 4.91. The van der Waals surface area contributed by atoms with E-state index in [0.717, 1.165) is 5.56 Å². The van der Waals surface area contributed by atoms with Crippen LogP contribution in [0.15, 0.2) is 18.2 Å². The number of nitrogens with zero attached hydrogens (tertiary/aromatic N) is 1. The minimum atomic E-state index is -0.675. The number of halogens is 1. The SMILES string of the molecule is Cc1cc([C@H]2CCN(C(=O)OC(C)(C)C)C[C@H]2O)ccc1F. The molecule has 5 heteroatoms. The fraction of sp³-hybridized carbons (Fsp3) is 0.588. The molecule has 1 fully saturated rings. The molecule has 0 aromatic heterocycles. The first-order chi connectivity index (χ1) is 10.2. The molecule has 0 radical (unpaired) electrons. The van der Waals surface area contributed by atoms with Gasteiger partial charge in [0.15, 0.2) is 0 Å². The number of likely N-dealkylation sites (tertiary alicyclic amines) is 1. The Labute approximate surface area is 130 Å². The van der Waals surface area contributed by atoms with Crippen LogP contribution in [0.2, 0.25) is 0 Å². The van der Waals surface area contributed by atoms with Crippen molar-refractivity contribution in [2.45, 2.75) is 51.7 Å². The number of ether oxygens (including phenoxy) is 1. The van der Waals surface area contributed by atoms with Crippen LogP contribution in [0.1, 0.15) is 44.2 Å². The number of amides is 1. The van der Waals surface area contributed by atoms with Gasteiger partial charge in [-0.05, 0) is 51.3 Å². The van der Waals surface area contributed by atoms with E-state index in [1.165, 1.54) is 11.0 Å². The van der Waals surface area contributed by atoms with Crippen molar-refractivity contribution in [1.82, 2.24) is 4.90 Å². The quantitative estimate of drug-likeness (QED) is 0.866. The summed E-state index contributed by atoms with van der Waals surface area (Å²) >= 11 is 0. The lowest BCUT2D eigenvalue weighted by Crippen LogP contribution is -2.47. The third kappa shape index (κ3) is 3.97. The van der Waals surface area contributed by atoms with Crippen molar-refractivity contribution in [2.24, 2.45) is 0 Å². The molecule has 1 aromatic rings. The fourth-order valence-corrected chi connectivity index (χ4v) is 2.71. The van der Waals surface area contributed by atoms with Crippen LogP contribution in [-0.2, 0) is 4.74 Å². The molecule has 4 nitrogen and oxygen atoms in total. The van der Waals surface area contributed by atoms with Gasteiger partial charge in [0.1, 0.15) is 11.4 Å². The highest BCUT2D eigenvalue weighted by Gasteiger charge is 2.33. The molecule has 1 aliphatic rings. The second kappa shape index (κ2) is 6.24. The number of hydrogen-bond acceptors (Lipinski definition) is 3. The normalized spacial score (nSPS) is 22.5. The van der Waals surface area contributed by atoms with Gasteiger partial charge in [-0.2, -0.15) is 0 Å². The maximum Gasteiger partial charge on any atom is 0.410 e. The van der Waals surface area contributed by atoms with E-state index in [1.807, 2.05) is 20.8 Å². The molecule has 122 valence electrons. The standard InChI is InChI=1S/C17H24FNO3/c1-11-9-12(5-6-14(11)18)13-7-8-19(10-15(13)20)16(21)22-17(2,3)4/h5-6,9,13,15,20H,7-8,10H2,1-4H3/t13-,15-/m1/s1. The van der Waals surface area contributed by atoms with Crippen LogP contribution < -0.4 is 0 Å².